The number of carboxylic acid groups (broad SMARTS) is 1. The Morgan fingerprint density at radius 3 is 2.54 bits per heavy atom. The molecule has 0 aromatic rings. The van der Waals surface area contributed by atoms with E-state index in [0.29, 0.717) is 19.5 Å². The van der Waals surface area contributed by atoms with E-state index in [2.05, 4.69) is 0 Å². The van der Waals surface area contributed by atoms with Crippen molar-refractivity contribution in [3.63, 3.8) is 0 Å². The van der Waals surface area contributed by atoms with Crippen LogP contribution in [0.15, 0.2) is 0 Å². The van der Waals surface area contributed by atoms with Gasteiger partial charge < -0.3 is 19.4 Å². The van der Waals surface area contributed by atoms with Gasteiger partial charge >= 0.3 is 5.97 Å². The summed E-state index contributed by atoms with van der Waals surface area (Å²) in [6, 6.07) is 0. The third kappa shape index (κ3) is 2.78. The van der Waals surface area contributed by atoms with E-state index in [0.717, 1.165) is 0 Å². The molecule has 5 nitrogen and oxygen atoms in total. The summed E-state index contributed by atoms with van der Waals surface area (Å²) in [7, 11) is 0. The Bertz CT molecular complexity index is 195. The lowest BCUT2D eigenvalue weighted by molar-refractivity contribution is -0.172. The van der Waals surface area contributed by atoms with E-state index in [4.69, 9.17) is 14.6 Å². The van der Waals surface area contributed by atoms with E-state index in [1.54, 1.807) is 0 Å². The summed E-state index contributed by atoms with van der Waals surface area (Å²) in [5, 5.41) is 8.46. The van der Waals surface area contributed by atoms with Crippen LogP contribution in [0.5, 0.6) is 0 Å². The predicted octanol–water partition coefficient (Wildman–Crippen LogP) is 0.183. The Morgan fingerprint density at radius 2 is 2.08 bits per heavy atom. The highest BCUT2D eigenvalue weighted by Gasteiger charge is 2.36. The van der Waals surface area contributed by atoms with Crippen molar-refractivity contribution in [2.24, 2.45) is 0 Å². The van der Waals surface area contributed by atoms with E-state index in [9.17, 15) is 9.59 Å². The molecule has 1 heterocycles. The number of hydrogen-bond donors (Lipinski definition) is 1. The zero-order valence-electron chi connectivity index (χ0n) is 7.19. The van der Waals surface area contributed by atoms with Crippen LogP contribution >= 0.6 is 0 Å². The Morgan fingerprint density at radius 1 is 1.46 bits per heavy atom. The summed E-state index contributed by atoms with van der Waals surface area (Å²) in [4.78, 5) is 20.6. The highest BCUT2D eigenvalue weighted by Crippen LogP contribution is 2.27. The molecule has 0 aromatic heterocycles. The van der Waals surface area contributed by atoms with E-state index in [1.165, 1.54) is 0 Å². The molecule has 13 heavy (non-hydrogen) atoms. The van der Waals surface area contributed by atoms with E-state index in [1.807, 2.05) is 0 Å². The first-order valence-corrected chi connectivity index (χ1v) is 4.12. The lowest BCUT2D eigenvalue weighted by Crippen LogP contribution is -2.31. The number of carboxylic acids is 1. The molecule has 0 unspecified atom stereocenters. The first kappa shape index (κ1) is 10.1. The predicted molar refractivity (Wildman–Crippen MR) is 42.2 cm³/mol. The van der Waals surface area contributed by atoms with Gasteiger partial charge in [0, 0.05) is 6.42 Å². The van der Waals surface area contributed by atoms with Gasteiger partial charge in [0.25, 0.3) is 0 Å². The Hall–Kier alpha value is -0.940. The molecule has 0 aliphatic carbocycles. The largest absolute Gasteiger partial charge is 0.481 e. The van der Waals surface area contributed by atoms with E-state index in [-0.39, 0.29) is 19.3 Å². The first-order chi connectivity index (χ1) is 6.18. The number of rotatable bonds is 5. The van der Waals surface area contributed by atoms with Gasteiger partial charge in [-0.3, -0.25) is 4.79 Å². The molecule has 0 amide bonds. The van der Waals surface area contributed by atoms with Crippen LogP contribution in [0, 0.1) is 0 Å². The SMILES string of the molecule is O=CCC1(CCC(=O)O)OCCO1. The Kier molecular flexibility index (Phi) is 3.39. The zero-order chi connectivity index (χ0) is 9.73. The maximum atomic E-state index is 10.3. The van der Waals surface area contributed by atoms with E-state index >= 15 is 0 Å². The van der Waals surface area contributed by atoms with Gasteiger partial charge in [-0.25, -0.2) is 0 Å². The van der Waals surface area contributed by atoms with Crippen molar-refractivity contribution in [2.45, 2.75) is 25.0 Å². The quantitative estimate of drug-likeness (QED) is 0.623. The van der Waals surface area contributed by atoms with Gasteiger partial charge in [-0.05, 0) is 0 Å². The normalized spacial score (nSPS) is 20.0. The highest BCUT2D eigenvalue weighted by atomic mass is 16.7. The molecule has 0 saturated carbocycles. The standard InChI is InChI=1S/C8H12O5/c9-4-3-8(2-1-7(10)11)12-5-6-13-8/h4H,1-3,5-6H2,(H,10,11). The molecule has 1 saturated heterocycles. The number of ether oxygens (including phenoxy) is 2. The molecule has 1 aliphatic rings. The molecule has 1 aliphatic heterocycles. The second-order valence-corrected chi connectivity index (χ2v) is 2.87. The van der Waals surface area contributed by atoms with Crippen molar-refractivity contribution in [3.8, 4) is 0 Å². The minimum atomic E-state index is -0.972. The van der Waals surface area contributed by atoms with Gasteiger partial charge in [0.2, 0.25) is 0 Å². The summed E-state index contributed by atoms with van der Waals surface area (Å²) >= 11 is 0. The zero-order valence-corrected chi connectivity index (χ0v) is 7.19. The number of carbonyl (C=O) groups is 2. The third-order valence-corrected chi connectivity index (χ3v) is 1.93. The smallest absolute Gasteiger partial charge is 0.303 e. The van der Waals surface area contributed by atoms with Crippen molar-refractivity contribution in [1.82, 2.24) is 0 Å². The summed E-state index contributed by atoms with van der Waals surface area (Å²) in [5.74, 6) is -1.88. The number of aliphatic carboxylic acids is 1. The molecule has 0 atom stereocenters. The first-order valence-electron chi connectivity index (χ1n) is 4.12. The molecule has 0 bridgehead atoms. The number of carbonyl (C=O) groups excluding carboxylic acids is 1. The third-order valence-electron chi connectivity index (χ3n) is 1.93. The highest BCUT2D eigenvalue weighted by molar-refractivity contribution is 5.66. The minimum Gasteiger partial charge on any atom is -0.481 e. The van der Waals surface area contributed by atoms with Crippen molar-refractivity contribution < 1.29 is 24.2 Å². The van der Waals surface area contributed by atoms with Crippen LogP contribution in [0.2, 0.25) is 0 Å². The molecule has 5 heteroatoms. The van der Waals surface area contributed by atoms with Crippen molar-refractivity contribution in [1.29, 1.82) is 0 Å². The summed E-state index contributed by atoms with van der Waals surface area (Å²) < 4.78 is 10.4. The molecule has 74 valence electrons. The van der Waals surface area contributed by atoms with Crippen LogP contribution < -0.4 is 0 Å². The van der Waals surface area contributed by atoms with Gasteiger partial charge in [0.15, 0.2) is 5.79 Å². The van der Waals surface area contributed by atoms with Crippen LogP contribution in [-0.4, -0.2) is 36.4 Å². The average molecular weight is 188 g/mol. The molecular weight excluding hydrogens is 176 g/mol. The second kappa shape index (κ2) is 4.34. The van der Waals surface area contributed by atoms with Gasteiger partial charge in [-0.15, -0.1) is 0 Å². The molecule has 1 N–H and O–H groups in total. The Labute approximate surface area is 75.6 Å². The van der Waals surface area contributed by atoms with Crippen LogP contribution in [0.3, 0.4) is 0 Å². The van der Waals surface area contributed by atoms with Gasteiger partial charge in [-0.1, -0.05) is 0 Å². The molecule has 0 spiro atoms. The average Bonchev–Trinajstić information content (AvgIpc) is 2.51. The molecule has 0 aromatic carbocycles. The second-order valence-electron chi connectivity index (χ2n) is 2.87. The van der Waals surface area contributed by atoms with Crippen LogP contribution in [-0.2, 0) is 19.1 Å². The fourth-order valence-electron chi connectivity index (χ4n) is 1.29. The monoisotopic (exact) mass is 188 g/mol. The van der Waals surface area contributed by atoms with Crippen molar-refractivity contribution >= 4 is 12.3 Å². The lowest BCUT2D eigenvalue weighted by atomic mass is 10.1. The van der Waals surface area contributed by atoms with Crippen LogP contribution in [0.25, 0.3) is 0 Å². The van der Waals surface area contributed by atoms with Crippen LogP contribution in [0.4, 0.5) is 0 Å². The lowest BCUT2D eigenvalue weighted by Gasteiger charge is -2.24. The Balaban J connectivity index is 2.46. The minimum absolute atomic E-state index is 0.0478. The number of aldehydes is 1. The van der Waals surface area contributed by atoms with Gasteiger partial charge in [-0.2, -0.15) is 0 Å². The fraction of sp³-hybridized carbons (Fsp3) is 0.750. The van der Waals surface area contributed by atoms with E-state index < -0.39 is 11.8 Å². The topological polar surface area (TPSA) is 72.8 Å². The van der Waals surface area contributed by atoms with Gasteiger partial charge in [0.05, 0.1) is 26.1 Å². The van der Waals surface area contributed by atoms with Crippen molar-refractivity contribution in [3.05, 3.63) is 0 Å². The van der Waals surface area contributed by atoms with Crippen molar-refractivity contribution in [2.75, 3.05) is 13.2 Å². The maximum Gasteiger partial charge on any atom is 0.303 e. The molecule has 1 fully saturated rings. The fourth-order valence-corrected chi connectivity index (χ4v) is 1.29. The van der Waals surface area contributed by atoms with Gasteiger partial charge in [0.1, 0.15) is 6.29 Å². The molecule has 1 rings (SSSR count). The summed E-state index contributed by atoms with van der Waals surface area (Å²) in [6.45, 7) is 0.848. The molecule has 0 radical (unpaired) electrons. The summed E-state index contributed by atoms with van der Waals surface area (Å²) in [5.41, 5.74) is 0. The maximum absolute atomic E-state index is 10.3. The molecular formula is C8H12O5. The summed E-state index contributed by atoms with van der Waals surface area (Å²) in [6.07, 6.45) is 0.961. The number of hydrogen-bond acceptors (Lipinski definition) is 4. The van der Waals surface area contributed by atoms with Crippen LogP contribution in [0.1, 0.15) is 19.3 Å².